The quantitative estimate of drug-likeness (QED) is 0.764. The van der Waals surface area contributed by atoms with Gasteiger partial charge in [-0.2, -0.15) is 5.26 Å². The Morgan fingerprint density at radius 1 is 1.18 bits per heavy atom. The third kappa shape index (κ3) is 3.38. The zero-order valence-electron chi connectivity index (χ0n) is 15.6. The summed E-state index contributed by atoms with van der Waals surface area (Å²) in [6.07, 6.45) is 1.24. The summed E-state index contributed by atoms with van der Waals surface area (Å²) in [4.78, 5) is 16.6. The fourth-order valence-corrected chi connectivity index (χ4v) is 4.82. The Morgan fingerprint density at radius 3 is 2.54 bits per heavy atom. The third-order valence-electron chi connectivity index (χ3n) is 5.28. The van der Waals surface area contributed by atoms with E-state index in [1.54, 1.807) is 17.0 Å². The number of aryl methyl sites for hydroxylation is 1. The maximum atomic E-state index is 13.2. The summed E-state index contributed by atoms with van der Waals surface area (Å²) in [5.41, 5.74) is 3.76. The standard InChI is InChI=1S/C22H20FN3OS/c1-2-15-3-5-16(6-4-15)19-11-21(27)26-13-25(14-28-22(26)20(19)12-24)18-9-7-17(23)8-10-18/h3-10,19H,2,11,13-14H2,1H3/t19-/m1/s1. The summed E-state index contributed by atoms with van der Waals surface area (Å²) in [5.74, 6) is 0.140. The lowest BCUT2D eigenvalue weighted by atomic mass is 9.86. The molecule has 1 fully saturated rings. The van der Waals surface area contributed by atoms with Gasteiger partial charge in [0, 0.05) is 18.0 Å². The number of carbonyl (C=O) groups excluding carboxylic acids is 1. The van der Waals surface area contributed by atoms with Crippen molar-refractivity contribution < 1.29 is 9.18 Å². The molecule has 1 saturated heterocycles. The number of fused-ring (bicyclic) bond motifs is 1. The van der Waals surface area contributed by atoms with E-state index in [4.69, 9.17) is 0 Å². The van der Waals surface area contributed by atoms with Crippen molar-refractivity contribution in [3.8, 4) is 6.07 Å². The van der Waals surface area contributed by atoms with Crippen molar-refractivity contribution in [2.45, 2.75) is 25.7 Å². The van der Waals surface area contributed by atoms with Crippen LogP contribution in [0, 0.1) is 17.1 Å². The average Bonchev–Trinajstić information content (AvgIpc) is 2.74. The van der Waals surface area contributed by atoms with Gasteiger partial charge in [0.15, 0.2) is 0 Å². The Morgan fingerprint density at radius 2 is 1.89 bits per heavy atom. The van der Waals surface area contributed by atoms with Crippen LogP contribution >= 0.6 is 11.8 Å². The van der Waals surface area contributed by atoms with Crippen LogP contribution in [0.25, 0.3) is 0 Å². The van der Waals surface area contributed by atoms with Gasteiger partial charge in [-0.25, -0.2) is 4.39 Å². The smallest absolute Gasteiger partial charge is 0.229 e. The first-order valence-electron chi connectivity index (χ1n) is 9.27. The van der Waals surface area contributed by atoms with E-state index in [2.05, 4.69) is 25.1 Å². The minimum atomic E-state index is -0.285. The highest BCUT2D eigenvalue weighted by Crippen LogP contribution is 2.43. The van der Waals surface area contributed by atoms with E-state index in [1.165, 1.54) is 29.5 Å². The molecule has 0 saturated carbocycles. The molecule has 0 unspecified atom stereocenters. The van der Waals surface area contributed by atoms with Crippen molar-refractivity contribution >= 4 is 23.4 Å². The molecule has 2 heterocycles. The molecule has 28 heavy (non-hydrogen) atoms. The zero-order chi connectivity index (χ0) is 19.7. The summed E-state index contributed by atoms with van der Waals surface area (Å²) in [5, 5.41) is 10.6. The van der Waals surface area contributed by atoms with Gasteiger partial charge in [0.1, 0.15) is 5.82 Å². The van der Waals surface area contributed by atoms with Crippen LogP contribution in [0.1, 0.15) is 30.4 Å². The van der Waals surface area contributed by atoms with Gasteiger partial charge in [-0.05, 0) is 41.8 Å². The second kappa shape index (κ2) is 7.69. The first-order valence-corrected chi connectivity index (χ1v) is 10.3. The van der Waals surface area contributed by atoms with E-state index < -0.39 is 0 Å². The molecular weight excluding hydrogens is 373 g/mol. The van der Waals surface area contributed by atoms with Gasteiger partial charge in [0.25, 0.3) is 0 Å². The van der Waals surface area contributed by atoms with Gasteiger partial charge in [-0.15, -0.1) is 0 Å². The Hall–Kier alpha value is -2.78. The number of nitriles is 1. The van der Waals surface area contributed by atoms with Crippen molar-refractivity contribution in [3.63, 3.8) is 0 Å². The highest BCUT2D eigenvalue weighted by Gasteiger charge is 2.38. The highest BCUT2D eigenvalue weighted by atomic mass is 32.2. The van der Waals surface area contributed by atoms with E-state index in [1.807, 2.05) is 17.0 Å². The molecule has 142 valence electrons. The molecule has 1 amide bonds. The van der Waals surface area contributed by atoms with Crippen LogP contribution in [-0.2, 0) is 11.2 Å². The number of nitrogens with zero attached hydrogens (tertiary/aromatic N) is 3. The van der Waals surface area contributed by atoms with Crippen LogP contribution in [0.15, 0.2) is 59.1 Å². The first kappa shape index (κ1) is 18.6. The maximum absolute atomic E-state index is 13.2. The summed E-state index contributed by atoms with van der Waals surface area (Å²) < 4.78 is 13.2. The van der Waals surface area contributed by atoms with Gasteiger partial charge in [-0.3, -0.25) is 9.69 Å². The lowest BCUT2D eigenvalue weighted by molar-refractivity contribution is -0.129. The number of amides is 1. The van der Waals surface area contributed by atoms with Crippen LogP contribution in [0.3, 0.4) is 0 Å². The van der Waals surface area contributed by atoms with Crippen LogP contribution in [0.5, 0.6) is 0 Å². The lowest BCUT2D eigenvalue weighted by Gasteiger charge is -2.42. The first-order chi connectivity index (χ1) is 13.6. The van der Waals surface area contributed by atoms with Crippen molar-refractivity contribution in [1.82, 2.24) is 4.90 Å². The number of halogens is 1. The molecule has 1 atom stereocenters. The SMILES string of the molecule is CCc1ccc([C@H]2CC(=O)N3CN(c4ccc(F)cc4)CSC3=C2C#N)cc1. The molecule has 0 N–H and O–H groups in total. The number of hydrogen-bond acceptors (Lipinski definition) is 4. The van der Waals surface area contributed by atoms with Crippen molar-refractivity contribution in [2.75, 3.05) is 17.4 Å². The molecule has 0 aliphatic carbocycles. The molecule has 6 heteroatoms. The average molecular weight is 393 g/mol. The van der Waals surface area contributed by atoms with E-state index in [0.717, 1.165) is 22.7 Å². The Kier molecular flexibility index (Phi) is 5.10. The molecule has 0 bridgehead atoms. The minimum Gasteiger partial charge on any atom is -0.344 e. The minimum absolute atomic E-state index is 0.0119. The normalized spacial score (nSPS) is 19.5. The van der Waals surface area contributed by atoms with Crippen LogP contribution in [-0.4, -0.2) is 23.4 Å². The summed E-state index contributed by atoms with van der Waals surface area (Å²) in [7, 11) is 0. The van der Waals surface area contributed by atoms with Crippen LogP contribution in [0.4, 0.5) is 10.1 Å². The van der Waals surface area contributed by atoms with Gasteiger partial charge < -0.3 is 4.90 Å². The molecule has 0 radical (unpaired) electrons. The van der Waals surface area contributed by atoms with Crippen molar-refractivity contribution in [1.29, 1.82) is 5.26 Å². The highest BCUT2D eigenvalue weighted by molar-refractivity contribution is 8.03. The molecule has 2 aliphatic heterocycles. The van der Waals surface area contributed by atoms with Gasteiger partial charge in [0.2, 0.25) is 5.91 Å². The predicted octanol–water partition coefficient (Wildman–Crippen LogP) is 4.61. The van der Waals surface area contributed by atoms with Crippen molar-refractivity contribution in [3.05, 3.63) is 76.1 Å². The molecule has 2 aromatic carbocycles. The molecule has 0 aromatic heterocycles. The topological polar surface area (TPSA) is 47.3 Å². The number of allylic oxidation sites excluding steroid dienone is 1. The van der Waals surface area contributed by atoms with E-state index in [-0.39, 0.29) is 24.1 Å². The number of carbonyl (C=O) groups is 1. The summed E-state index contributed by atoms with van der Waals surface area (Å²) in [6, 6.07) is 16.8. The molecular formula is C22H20FN3OS. The molecule has 0 spiro atoms. The lowest BCUT2D eigenvalue weighted by Crippen LogP contribution is -2.47. The van der Waals surface area contributed by atoms with E-state index in [0.29, 0.717) is 18.1 Å². The molecule has 2 aliphatic rings. The fourth-order valence-electron chi connectivity index (χ4n) is 3.65. The predicted molar refractivity (Wildman–Crippen MR) is 109 cm³/mol. The number of thioether (sulfide) groups is 1. The van der Waals surface area contributed by atoms with Gasteiger partial charge in [-0.1, -0.05) is 43.0 Å². The molecule has 2 aromatic rings. The molecule has 4 nitrogen and oxygen atoms in total. The fraction of sp³-hybridized carbons (Fsp3) is 0.273. The van der Waals surface area contributed by atoms with Gasteiger partial charge >= 0.3 is 0 Å². The summed E-state index contributed by atoms with van der Waals surface area (Å²) >= 11 is 1.49. The monoisotopic (exact) mass is 393 g/mol. The Balaban J connectivity index is 1.63. The number of rotatable bonds is 3. The third-order valence-corrected chi connectivity index (χ3v) is 6.43. The summed E-state index contributed by atoms with van der Waals surface area (Å²) in [6.45, 7) is 2.48. The van der Waals surface area contributed by atoms with Crippen molar-refractivity contribution in [2.24, 2.45) is 0 Å². The number of hydrogen-bond donors (Lipinski definition) is 0. The zero-order valence-corrected chi connectivity index (χ0v) is 16.4. The Labute approximate surface area is 168 Å². The number of anilines is 1. The second-order valence-electron chi connectivity index (χ2n) is 6.94. The Bertz CT molecular complexity index is 963. The van der Waals surface area contributed by atoms with Gasteiger partial charge in [0.05, 0.1) is 29.2 Å². The largest absolute Gasteiger partial charge is 0.344 e. The van der Waals surface area contributed by atoms with E-state index in [9.17, 15) is 14.4 Å². The van der Waals surface area contributed by atoms with E-state index >= 15 is 0 Å². The second-order valence-corrected chi connectivity index (χ2v) is 7.87. The van der Waals surface area contributed by atoms with Crippen LogP contribution in [0.2, 0.25) is 0 Å². The number of benzene rings is 2. The molecule has 4 rings (SSSR count). The maximum Gasteiger partial charge on any atom is 0.229 e. The van der Waals surface area contributed by atoms with Crippen LogP contribution < -0.4 is 4.90 Å².